The van der Waals surface area contributed by atoms with Crippen LogP contribution < -0.4 is 5.90 Å². The van der Waals surface area contributed by atoms with Gasteiger partial charge in [0.25, 0.3) is 5.97 Å². The molecule has 72 valence electrons. The van der Waals surface area contributed by atoms with Gasteiger partial charge in [-0.1, -0.05) is 0 Å². The molecular formula is C4H6F3NO4. The van der Waals surface area contributed by atoms with Crippen molar-refractivity contribution in [2.75, 3.05) is 0 Å². The molecule has 8 heteroatoms. The van der Waals surface area contributed by atoms with Crippen LogP contribution in [0.25, 0.3) is 0 Å². The van der Waals surface area contributed by atoms with Crippen LogP contribution in [0.2, 0.25) is 0 Å². The molecule has 0 radical (unpaired) electrons. The Morgan fingerprint density at radius 1 is 1.42 bits per heavy atom. The minimum absolute atomic E-state index is 0.833. The molecular weight excluding hydrogens is 183 g/mol. The predicted molar refractivity (Wildman–Crippen MR) is 29.6 cm³/mol. The fraction of sp³-hybridized carbons (Fsp3) is 0.500. The van der Waals surface area contributed by atoms with E-state index in [0.717, 1.165) is 6.92 Å². The summed E-state index contributed by atoms with van der Waals surface area (Å²) in [5, 5.41) is 7.42. The first-order valence-corrected chi connectivity index (χ1v) is 2.39. The molecule has 0 fully saturated rings. The second-order valence-corrected chi connectivity index (χ2v) is 1.42. The van der Waals surface area contributed by atoms with Crippen LogP contribution in [0.1, 0.15) is 6.92 Å². The van der Waals surface area contributed by atoms with E-state index in [2.05, 4.69) is 10.7 Å². The number of halogens is 3. The van der Waals surface area contributed by atoms with Crippen molar-refractivity contribution in [2.24, 2.45) is 5.90 Å². The Balaban J connectivity index is 0. The Morgan fingerprint density at radius 3 is 1.67 bits per heavy atom. The highest BCUT2D eigenvalue weighted by atomic mass is 19.4. The van der Waals surface area contributed by atoms with Crippen LogP contribution >= 0.6 is 0 Å². The third kappa shape index (κ3) is 11.5. The molecule has 0 aromatic carbocycles. The summed E-state index contributed by atoms with van der Waals surface area (Å²) < 4.78 is 32.7. The average Bonchev–Trinajstić information content (AvgIpc) is 1.82. The molecule has 0 heterocycles. The van der Waals surface area contributed by atoms with Gasteiger partial charge in [0.05, 0.1) is 0 Å². The smallest absolute Gasteiger partial charge is 0.481 e. The van der Waals surface area contributed by atoms with E-state index in [9.17, 15) is 18.0 Å². The number of rotatable bonds is 0. The SMILES string of the molecule is CC(=O)O.NOC(=O)C(F)(F)F. The molecule has 5 nitrogen and oxygen atoms in total. The van der Waals surface area contributed by atoms with Crippen LogP contribution in [-0.2, 0) is 14.4 Å². The zero-order valence-electron chi connectivity index (χ0n) is 5.88. The van der Waals surface area contributed by atoms with Gasteiger partial charge in [-0.05, 0) is 0 Å². The van der Waals surface area contributed by atoms with E-state index in [4.69, 9.17) is 9.90 Å². The molecule has 0 saturated heterocycles. The lowest BCUT2D eigenvalue weighted by Crippen LogP contribution is -2.27. The minimum Gasteiger partial charge on any atom is -0.481 e. The van der Waals surface area contributed by atoms with Crippen molar-refractivity contribution in [3.05, 3.63) is 0 Å². The topological polar surface area (TPSA) is 89.6 Å². The van der Waals surface area contributed by atoms with Gasteiger partial charge in [-0.25, -0.2) is 4.79 Å². The molecule has 0 aliphatic carbocycles. The third-order valence-corrected chi connectivity index (χ3v) is 0.338. The van der Waals surface area contributed by atoms with Crippen LogP contribution in [-0.4, -0.2) is 23.2 Å². The number of aliphatic carboxylic acids is 1. The summed E-state index contributed by atoms with van der Waals surface area (Å²) >= 11 is 0. The Morgan fingerprint density at radius 2 is 1.67 bits per heavy atom. The summed E-state index contributed by atoms with van der Waals surface area (Å²) in [6.07, 6.45) is -4.98. The van der Waals surface area contributed by atoms with Crippen molar-refractivity contribution in [1.29, 1.82) is 0 Å². The van der Waals surface area contributed by atoms with Crippen LogP contribution in [0.4, 0.5) is 13.2 Å². The van der Waals surface area contributed by atoms with Crippen LogP contribution in [0.15, 0.2) is 0 Å². The summed E-state index contributed by atoms with van der Waals surface area (Å²) in [6.45, 7) is 1.08. The Hall–Kier alpha value is -1.31. The summed E-state index contributed by atoms with van der Waals surface area (Å²) in [4.78, 5) is 21.2. The van der Waals surface area contributed by atoms with Crippen molar-refractivity contribution in [1.82, 2.24) is 0 Å². The van der Waals surface area contributed by atoms with Gasteiger partial charge in [-0.2, -0.15) is 19.1 Å². The van der Waals surface area contributed by atoms with E-state index in [1.807, 2.05) is 0 Å². The van der Waals surface area contributed by atoms with Crippen molar-refractivity contribution in [3.8, 4) is 0 Å². The highest BCUT2D eigenvalue weighted by Crippen LogP contribution is 2.14. The van der Waals surface area contributed by atoms with E-state index in [1.54, 1.807) is 0 Å². The lowest BCUT2D eigenvalue weighted by Gasteiger charge is -1.98. The zero-order valence-corrected chi connectivity index (χ0v) is 5.88. The van der Waals surface area contributed by atoms with Crippen LogP contribution in [0.5, 0.6) is 0 Å². The third-order valence-electron chi connectivity index (χ3n) is 0.338. The number of carboxylic acids is 1. The van der Waals surface area contributed by atoms with Gasteiger partial charge in [0, 0.05) is 6.92 Å². The van der Waals surface area contributed by atoms with E-state index in [-0.39, 0.29) is 0 Å². The molecule has 0 unspecified atom stereocenters. The van der Waals surface area contributed by atoms with E-state index < -0.39 is 18.1 Å². The maximum absolute atomic E-state index is 10.9. The molecule has 0 bridgehead atoms. The van der Waals surface area contributed by atoms with E-state index in [1.165, 1.54) is 0 Å². The highest BCUT2D eigenvalue weighted by molar-refractivity contribution is 5.75. The predicted octanol–water partition coefficient (Wildman–Crippen LogP) is 0.0565. The number of carbonyl (C=O) groups is 2. The summed E-state index contributed by atoms with van der Waals surface area (Å²) in [7, 11) is 0. The van der Waals surface area contributed by atoms with Crippen LogP contribution in [0, 0.1) is 0 Å². The number of hydrogen-bond donors (Lipinski definition) is 2. The number of carbonyl (C=O) groups excluding carboxylic acids is 1. The number of alkyl halides is 3. The quantitative estimate of drug-likeness (QED) is 0.525. The molecule has 0 aromatic heterocycles. The van der Waals surface area contributed by atoms with Gasteiger partial charge in [-0.15, -0.1) is 0 Å². The molecule has 0 atom stereocenters. The Labute approximate surface area is 64.9 Å². The number of hydrogen-bond acceptors (Lipinski definition) is 4. The summed E-state index contributed by atoms with van der Waals surface area (Å²) in [5.41, 5.74) is 0. The Bertz CT molecular complexity index is 162. The molecule has 3 N–H and O–H groups in total. The van der Waals surface area contributed by atoms with Gasteiger partial charge < -0.3 is 9.94 Å². The maximum atomic E-state index is 10.9. The second-order valence-electron chi connectivity index (χ2n) is 1.42. The van der Waals surface area contributed by atoms with Gasteiger partial charge >= 0.3 is 12.1 Å². The molecule has 0 aliphatic rings. The lowest BCUT2D eigenvalue weighted by molar-refractivity contribution is -0.200. The fourth-order valence-electron chi connectivity index (χ4n) is 0.0668. The first-order valence-electron chi connectivity index (χ1n) is 2.39. The Kier molecular flexibility index (Phi) is 5.93. The van der Waals surface area contributed by atoms with Gasteiger partial charge in [-0.3, -0.25) is 4.79 Å². The lowest BCUT2D eigenvalue weighted by atomic mass is 10.7. The van der Waals surface area contributed by atoms with Crippen molar-refractivity contribution in [2.45, 2.75) is 13.1 Å². The molecule has 0 aromatic rings. The second kappa shape index (κ2) is 5.35. The number of carboxylic acid groups (broad SMARTS) is 1. The van der Waals surface area contributed by atoms with E-state index >= 15 is 0 Å². The highest BCUT2D eigenvalue weighted by Gasteiger charge is 2.40. The largest absolute Gasteiger partial charge is 0.492 e. The monoisotopic (exact) mass is 189 g/mol. The summed E-state index contributed by atoms with van der Waals surface area (Å²) in [6, 6.07) is 0. The standard InChI is InChI=1S/C2H2F3NO2.C2H4O2/c3-2(4,5)1(7)8-6;1-2(3)4/h6H2;1H3,(H,3,4). The van der Waals surface area contributed by atoms with Gasteiger partial charge in [0.2, 0.25) is 0 Å². The molecule has 0 amide bonds. The maximum Gasteiger partial charge on any atom is 0.492 e. The van der Waals surface area contributed by atoms with Crippen LogP contribution in [0.3, 0.4) is 0 Å². The first-order chi connectivity index (χ1) is 5.21. The van der Waals surface area contributed by atoms with Crippen molar-refractivity contribution >= 4 is 11.9 Å². The molecule has 0 saturated carbocycles. The minimum atomic E-state index is -4.98. The summed E-state index contributed by atoms with van der Waals surface area (Å²) in [5.74, 6) is 0.664. The zero-order chi connectivity index (χ0) is 10.4. The van der Waals surface area contributed by atoms with Crippen molar-refractivity contribution < 1.29 is 32.7 Å². The average molecular weight is 189 g/mol. The molecule has 12 heavy (non-hydrogen) atoms. The normalized spacial score (nSPS) is 9.42. The first kappa shape index (κ1) is 13.3. The van der Waals surface area contributed by atoms with Crippen molar-refractivity contribution in [3.63, 3.8) is 0 Å². The van der Waals surface area contributed by atoms with Gasteiger partial charge in [0.1, 0.15) is 0 Å². The molecule has 0 spiro atoms. The molecule has 0 aliphatic heterocycles. The number of nitrogens with two attached hydrogens (primary N) is 1. The van der Waals surface area contributed by atoms with Gasteiger partial charge in [0.15, 0.2) is 0 Å². The van der Waals surface area contributed by atoms with E-state index in [0.29, 0.717) is 0 Å². The molecule has 0 rings (SSSR count). The fourth-order valence-corrected chi connectivity index (χ4v) is 0.0668.